The second kappa shape index (κ2) is 10.9. The number of hydrogen-bond acceptors (Lipinski definition) is 7. The van der Waals surface area contributed by atoms with Crippen LogP contribution in [0.4, 0.5) is 11.4 Å². The fourth-order valence-corrected chi connectivity index (χ4v) is 4.65. The number of anilines is 1. The Morgan fingerprint density at radius 1 is 1.02 bits per heavy atom. The largest absolute Gasteiger partial charge is 0.504 e. The van der Waals surface area contributed by atoms with Crippen LogP contribution < -0.4 is 10.1 Å². The number of benzene rings is 3. The summed E-state index contributed by atoms with van der Waals surface area (Å²) in [6.07, 6.45) is 1.48. The molecule has 0 spiro atoms. The highest BCUT2D eigenvalue weighted by atomic mass is 16.5. The van der Waals surface area contributed by atoms with Crippen LogP contribution in [0.1, 0.15) is 58.4 Å². The third-order valence-electron chi connectivity index (χ3n) is 6.67. The van der Waals surface area contributed by atoms with Gasteiger partial charge in [0.2, 0.25) is 0 Å². The average molecular weight is 566 g/mol. The van der Waals surface area contributed by atoms with Gasteiger partial charge in [0.15, 0.2) is 23.2 Å². The molecule has 214 valence electrons. The minimum Gasteiger partial charge on any atom is -0.504 e. The molecule has 0 aliphatic carbocycles. The molecule has 0 fully saturated rings. The molecule has 2 heterocycles. The summed E-state index contributed by atoms with van der Waals surface area (Å²) in [4.78, 5) is 33.8. The molecule has 10 nitrogen and oxygen atoms in total. The van der Waals surface area contributed by atoms with Crippen molar-refractivity contribution < 1.29 is 24.5 Å². The molecular weight excluding hydrogens is 534 g/mol. The van der Waals surface area contributed by atoms with Gasteiger partial charge in [0, 0.05) is 40.0 Å². The van der Waals surface area contributed by atoms with Crippen molar-refractivity contribution in [3.05, 3.63) is 94.8 Å². The van der Waals surface area contributed by atoms with Gasteiger partial charge in [0.1, 0.15) is 5.69 Å². The highest BCUT2D eigenvalue weighted by Gasteiger charge is 2.23. The Labute approximate surface area is 242 Å². The number of carbonyl (C=O) groups is 2. The number of nitrogens with zero attached hydrogens (tertiary/aromatic N) is 3. The van der Waals surface area contributed by atoms with E-state index in [4.69, 9.17) is 4.74 Å². The highest BCUT2D eigenvalue weighted by molar-refractivity contribution is 6.13. The highest BCUT2D eigenvalue weighted by Crippen LogP contribution is 2.32. The van der Waals surface area contributed by atoms with Gasteiger partial charge < -0.3 is 25.3 Å². The van der Waals surface area contributed by atoms with E-state index in [2.05, 4.69) is 20.4 Å². The van der Waals surface area contributed by atoms with E-state index in [1.54, 1.807) is 65.3 Å². The molecule has 4 N–H and O–H groups in total. The lowest BCUT2D eigenvalue weighted by Crippen LogP contribution is -2.29. The van der Waals surface area contributed by atoms with Crippen molar-refractivity contribution in [1.29, 1.82) is 0 Å². The number of aromatic nitrogens is 3. The van der Waals surface area contributed by atoms with Gasteiger partial charge in [-0.25, -0.2) is 0 Å². The number of ketones is 1. The number of aliphatic imine (C=N–C) groups is 1. The maximum absolute atomic E-state index is 13.4. The molecule has 1 amide bonds. The van der Waals surface area contributed by atoms with Crippen molar-refractivity contribution in [2.45, 2.75) is 33.2 Å². The molecule has 0 aliphatic rings. The summed E-state index contributed by atoms with van der Waals surface area (Å²) in [7, 11) is 1.46. The normalized spacial score (nSPS) is 11.7. The summed E-state index contributed by atoms with van der Waals surface area (Å²) in [6, 6.07) is 18.3. The third-order valence-corrected chi connectivity index (χ3v) is 6.67. The van der Waals surface area contributed by atoms with E-state index in [-0.39, 0.29) is 28.9 Å². The first-order valence-corrected chi connectivity index (χ1v) is 13.2. The predicted molar refractivity (Wildman–Crippen MR) is 162 cm³/mol. The van der Waals surface area contributed by atoms with Gasteiger partial charge in [-0.15, -0.1) is 0 Å². The summed E-state index contributed by atoms with van der Waals surface area (Å²) in [5.41, 5.74) is 3.51. The number of ether oxygens (including phenoxy) is 1. The summed E-state index contributed by atoms with van der Waals surface area (Å²) in [5, 5.41) is 28.5. The van der Waals surface area contributed by atoms with Crippen LogP contribution in [0.3, 0.4) is 0 Å². The van der Waals surface area contributed by atoms with Crippen LogP contribution in [0, 0.1) is 6.92 Å². The number of hydrogen-bond donors (Lipinski definition) is 4. The molecule has 0 unspecified atom stereocenters. The number of aromatic amines is 1. The van der Waals surface area contributed by atoms with Crippen LogP contribution >= 0.6 is 0 Å². The van der Waals surface area contributed by atoms with Gasteiger partial charge >= 0.3 is 0 Å². The molecule has 0 radical (unpaired) electrons. The fourth-order valence-electron chi connectivity index (χ4n) is 4.65. The number of phenolic OH excluding ortho intramolecular Hbond substituents is 1. The summed E-state index contributed by atoms with van der Waals surface area (Å²) in [5.74, 6) is -0.393. The van der Waals surface area contributed by atoms with E-state index in [0.29, 0.717) is 50.4 Å². The van der Waals surface area contributed by atoms with Gasteiger partial charge in [-0.2, -0.15) is 5.10 Å². The Hall–Kier alpha value is -5.38. The van der Waals surface area contributed by atoms with Crippen LogP contribution in [-0.4, -0.2) is 50.0 Å². The lowest BCUT2D eigenvalue weighted by atomic mass is 10.0. The van der Waals surface area contributed by atoms with Crippen LogP contribution in [0.25, 0.3) is 10.9 Å². The number of methoxy groups -OCH3 is 1. The van der Waals surface area contributed by atoms with Crippen molar-refractivity contribution in [2.24, 2.45) is 4.99 Å². The number of aromatic hydroxyl groups is 2. The van der Waals surface area contributed by atoms with Crippen LogP contribution in [0.15, 0.2) is 71.7 Å². The Balaban J connectivity index is 1.37. The first-order chi connectivity index (χ1) is 19.9. The van der Waals surface area contributed by atoms with Gasteiger partial charge in [0.25, 0.3) is 5.91 Å². The molecule has 42 heavy (non-hydrogen) atoms. The Morgan fingerprint density at radius 2 is 1.79 bits per heavy atom. The molecule has 0 saturated carbocycles. The topological polar surface area (TPSA) is 142 Å². The molecule has 2 aromatic heterocycles. The molecule has 3 aromatic carbocycles. The lowest BCUT2D eigenvalue weighted by Gasteiger charge is -2.22. The zero-order valence-corrected chi connectivity index (χ0v) is 23.9. The third kappa shape index (κ3) is 5.60. The number of phenols is 1. The van der Waals surface area contributed by atoms with Crippen LogP contribution in [-0.2, 0) is 5.54 Å². The quantitative estimate of drug-likeness (QED) is 0.139. The molecule has 0 atom stereocenters. The van der Waals surface area contributed by atoms with E-state index in [9.17, 15) is 19.8 Å². The van der Waals surface area contributed by atoms with E-state index in [1.165, 1.54) is 19.4 Å². The van der Waals surface area contributed by atoms with Gasteiger partial charge in [-0.1, -0.05) is 24.3 Å². The predicted octanol–water partition coefficient (Wildman–Crippen LogP) is 6.08. The molecule has 10 heteroatoms. The number of amides is 1. The number of carbonyl (C=O) groups excluding carboxylic acids is 2. The van der Waals surface area contributed by atoms with E-state index < -0.39 is 0 Å². The number of H-pyrrole nitrogens is 1. The SMILES string of the molecule is COc1ccc(N=Cc2c(O)[nH]c3cc(C(=O)c4cccc(NC(=O)c5cc(C)nn5C(C)(C)C)c4)ccc23)cc1O. The molecule has 0 bridgehead atoms. The zero-order valence-electron chi connectivity index (χ0n) is 23.9. The Morgan fingerprint density at radius 3 is 2.50 bits per heavy atom. The number of nitrogens with one attached hydrogen (secondary N) is 2. The number of aryl methyl sites for hydroxylation is 1. The standard InChI is InChI=1S/C32H31N5O5/c1-18-13-26(37(36-18)32(2,3)4)31(41)34-22-8-6-7-19(14-22)29(39)20-9-11-23-24(30(40)35-25(23)15-20)17-33-21-10-12-28(42-5)27(38)16-21/h6-17,35,38,40H,1-5H3,(H,34,41). The van der Waals surface area contributed by atoms with Crippen molar-refractivity contribution in [1.82, 2.24) is 14.8 Å². The monoisotopic (exact) mass is 565 g/mol. The van der Waals surface area contributed by atoms with Crippen molar-refractivity contribution in [2.75, 3.05) is 12.4 Å². The Bertz CT molecular complexity index is 1860. The van der Waals surface area contributed by atoms with E-state index >= 15 is 0 Å². The Kier molecular flexibility index (Phi) is 7.30. The zero-order chi connectivity index (χ0) is 30.2. The van der Waals surface area contributed by atoms with Crippen molar-refractivity contribution >= 4 is 40.2 Å². The lowest BCUT2D eigenvalue weighted by molar-refractivity contribution is 0.100. The fraction of sp³-hybridized carbons (Fsp3) is 0.188. The molecule has 5 rings (SSSR count). The van der Waals surface area contributed by atoms with Crippen LogP contribution in [0.5, 0.6) is 17.4 Å². The van der Waals surface area contributed by atoms with E-state index in [1.807, 2.05) is 27.7 Å². The smallest absolute Gasteiger partial charge is 0.273 e. The maximum atomic E-state index is 13.4. The van der Waals surface area contributed by atoms with Gasteiger partial charge in [0.05, 0.1) is 29.6 Å². The summed E-state index contributed by atoms with van der Waals surface area (Å²) < 4.78 is 6.74. The number of rotatable bonds is 7. The van der Waals surface area contributed by atoms with Gasteiger partial charge in [-0.05, 0) is 64.1 Å². The second-order valence-corrected chi connectivity index (χ2v) is 10.9. The van der Waals surface area contributed by atoms with Gasteiger partial charge in [-0.3, -0.25) is 19.3 Å². The molecular formula is C32H31N5O5. The number of fused-ring (bicyclic) bond motifs is 1. The first-order valence-electron chi connectivity index (χ1n) is 13.2. The van der Waals surface area contributed by atoms with Crippen molar-refractivity contribution in [3.8, 4) is 17.4 Å². The summed E-state index contributed by atoms with van der Waals surface area (Å²) >= 11 is 0. The minimum atomic E-state index is -0.381. The molecule has 0 aliphatic heterocycles. The second-order valence-electron chi connectivity index (χ2n) is 10.9. The average Bonchev–Trinajstić information content (AvgIpc) is 3.50. The first kappa shape index (κ1) is 28.2. The maximum Gasteiger partial charge on any atom is 0.273 e. The van der Waals surface area contributed by atoms with Crippen molar-refractivity contribution in [3.63, 3.8) is 0 Å². The van der Waals surface area contributed by atoms with E-state index in [0.717, 1.165) is 5.69 Å². The molecule has 0 saturated heterocycles. The molecule has 5 aromatic rings. The minimum absolute atomic E-state index is 0.0475. The summed E-state index contributed by atoms with van der Waals surface area (Å²) in [6.45, 7) is 7.75. The van der Waals surface area contributed by atoms with Crippen LogP contribution in [0.2, 0.25) is 0 Å².